The van der Waals surface area contributed by atoms with Crippen LogP contribution in [0.25, 0.3) is 0 Å². The minimum Gasteiger partial charge on any atom is -0.478 e. The van der Waals surface area contributed by atoms with Gasteiger partial charge in [-0.25, -0.2) is 24.1 Å². The molecule has 0 atom stereocenters. The molecule has 11 nitrogen and oxygen atoms in total. The third-order valence-corrected chi connectivity index (χ3v) is 2.25. The van der Waals surface area contributed by atoms with E-state index in [1.54, 1.807) is 0 Å². The molecule has 0 aromatic heterocycles. The quantitative estimate of drug-likeness (QED) is 0.310. The number of aliphatic hydroxyl groups excluding tert-OH is 3. The number of hydrogen-bond donors (Lipinski definition) is 5. The summed E-state index contributed by atoms with van der Waals surface area (Å²) < 4.78 is 0. The first-order chi connectivity index (χ1) is 12.0. The van der Waals surface area contributed by atoms with Crippen molar-refractivity contribution in [2.45, 2.75) is 0 Å². The van der Waals surface area contributed by atoms with E-state index in [9.17, 15) is 9.59 Å². The van der Waals surface area contributed by atoms with Gasteiger partial charge in [0, 0.05) is 0 Å². The van der Waals surface area contributed by atoms with Gasteiger partial charge in [0.05, 0.1) is 56.2 Å². The van der Waals surface area contributed by atoms with Gasteiger partial charge in [-0.2, -0.15) is 0 Å². The normalized spacial score (nSPS) is 10.2. The molecule has 1 aromatic carbocycles. The molecule has 0 unspecified atom stereocenters. The summed E-state index contributed by atoms with van der Waals surface area (Å²) in [6.07, 6.45) is 0. The maximum atomic E-state index is 10.5. The van der Waals surface area contributed by atoms with Gasteiger partial charge in [-0.1, -0.05) is 12.1 Å². The van der Waals surface area contributed by atoms with Crippen LogP contribution in [0.2, 0.25) is 0 Å². The Morgan fingerprint density at radius 2 is 1.08 bits per heavy atom. The lowest BCUT2D eigenvalue weighted by Crippen LogP contribution is -2.28. The van der Waals surface area contributed by atoms with Crippen molar-refractivity contribution in [2.75, 3.05) is 39.6 Å². The number of rotatable bonds is 11. The smallest absolute Gasteiger partial charge is 0.336 e. The molecule has 142 valence electrons. The van der Waals surface area contributed by atoms with Crippen molar-refractivity contribution in [3.8, 4) is 0 Å². The summed E-state index contributed by atoms with van der Waals surface area (Å²) >= 11 is 0. The van der Waals surface area contributed by atoms with E-state index in [1.165, 1.54) is 24.3 Å². The number of aromatic carboxylic acids is 2. The van der Waals surface area contributed by atoms with Gasteiger partial charge in [0.15, 0.2) is 0 Å². The number of carboxylic acid groups (broad SMARTS) is 2. The monoisotopic (exact) mass is 363 g/mol. The summed E-state index contributed by atoms with van der Waals surface area (Å²) in [5.74, 6) is -2.46. The Morgan fingerprint density at radius 1 is 0.760 bits per heavy atom. The Hall–Kier alpha value is -2.12. The van der Waals surface area contributed by atoms with E-state index in [0.717, 1.165) is 0 Å². The molecule has 0 fully saturated rings. The van der Waals surface area contributed by atoms with Crippen molar-refractivity contribution in [2.24, 2.45) is 0 Å². The first kappa shape index (κ1) is 22.9. The third-order valence-electron chi connectivity index (χ3n) is 2.25. The first-order valence-electron chi connectivity index (χ1n) is 7.05. The van der Waals surface area contributed by atoms with Gasteiger partial charge in [0.25, 0.3) is 0 Å². The standard InChI is InChI=1S/C8H6O4.C6H15NO6/c9-7(10)5-3-1-2-4-6(5)8(11)12;8-1-4-11-7(12-5-2-9)13-6-3-10/h1-4H,(H,9,10)(H,11,12);8-10H,1-6H2. The van der Waals surface area contributed by atoms with Gasteiger partial charge in [0.1, 0.15) is 0 Å². The number of aliphatic hydroxyl groups is 3. The second-order valence-electron chi connectivity index (χ2n) is 4.05. The Kier molecular flexibility index (Phi) is 13.0. The highest BCUT2D eigenvalue weighted by Gasteiger charge is 2.13. The van der Waals surface area contributed by atoms with E-state index in [1.807, 2.05) is 0 Å². The summed E-state index contributed by atoms with van der Waals surface area (Å²) in [5, 5.41) is 43.0. The van der Waals surface area contributed by atoms with Crippen LogP contribution in [-0.4, -0.2) is 82.5 Å². The third kappa shape index (κ3) is 10.4. The van der Waals surface area contributed by atoms with Crippen LogP contribution in [0.5, 0.6) is 0 Å². The largest absolute Gasteiger partial charge is 0.478 e. The molecule has 0 radical (unpaired) electrons. The fourth-order valence-electron chi connectivity index (χ4n) is 1.31. The summed E-state index contributed by atoms with van der Waals surface area (Å²) in [6.45, 7) is -0.505. The highest BCUT2D eigenvalue weighted by molar-refractivity contribution is 6.01. The van der Waals surface area contributed by atoms with Crippen molar-refractivity contribution >= 4 is 11.9 Å². The molecule has 1 aromatic rings. The summed E-state index contributed by atoms with van der Waals surface area (Å²) in [4.78, 5) is 35.1. The van der Waals surface area contributed by atoms with Gasteiger partial charge < -0.3 is 25.5 Å². The zero-order chi connectivity index (χ0) is 19.1. The minimum atomic E-state index is -1.23. The van der Waals surface area contributed by atoms with Crippen LogP contribution in [0.15, 0.2) is 24.3 Å². The molecule has 1 rings (SSSR count). The molecule has 0 spiro atoms. The molecule has 0 aliphatic heterocycles. The van der Waals surface area contributed by atoms with Crippen LogP contribution >= 0.6 is 0 Å². The van der Waals surface area contributed by atoms with Gasteiger partial charge in [-0.05, 0) is 12.1 Å². The average molecular weight is 363 g/mol. The van der Waals surface area contributed by atoms with Gasteiger partial charge in [0.2, 0.25) is 0 Å². The predicted octanol–water partition coefficient (Wildman–Crippen LogP) is -0.857. The molecular formula is C14H21NO10. The van der Waals surface area contributed by atoms with E-state index >= 15 is 0 Å². The lowest BCUT2D eigenvalue weighted by atomic mass is 10.1. The average Bonchev–Trinajstić information content (AvgIpc) is 2.61. The fourth-order valence-corrected chi connectivity index (χ4v) is 1.31. The molecule has 25 heavy (non-hydrogen) atoms. The summed E-state index contributed by atoms with van der Waals surface area (Å²) in [5.41, 5.74) is -0.380. The fraction of sp³-hybridized carbons (Fsp3) is 0.429. The van der Waals surface area contributed by atoms with Crippen LogP contribution < -0.4 is 0 Å². The van der Waals surface area contributed by atoms with Crippen molar-refractivity contribution in [1.82, 2.24) is 5.39 Å². The predicted molar refractivity (Wildman–Crippen MR) is 81.3 cm³/mol. The van der Waals surface area contributed by atoms with E-state index in [4.69, 9.17) is 40.0 Å². The zero-order valence-corrected chi connectivity index (χ0v) is 13.3. The maximum Gasteiger partial charge on any atom is 0.336 e. The molecule has 0 aliphatic carbocycles. The second kappa shape index (κ2) is 14.2. The first-order valence-corrected chi connectivity index (χ1v) is 7.05. The Balaban J connectivity index is 0.000000462. The van der Waals surface area contributed by atoms with Crippen LogP contribution in [0.4, 0.5) is 0 Å². The lowest BCUT2D eigenvalue weighted by Gasteiger charge is -2.17. The Bertz CT molecular complexity index is 458. The molecule has 0 saturated heterocycles. The van der Waals surface area contributed by atoms with Gasteiger partial charge >= 0.3 is 11.9 Å². The lowest BCUT2D eigenvalue weighted by molar-refractivity contribution is -0.527. The number of carbonyl (C=O) groups is 2. The molecular weight excluding hydrogens is 342 g/mol. The van der Waals surface area contributed by atoms with E-state index in [-0.39, 0.29) is 50.8 Å². The topological polar surface area (TPSA) is 166 Å². The number of nitrogens with zero attached hydrogens (tertiary/aromatic N) is 1. The van der Waals surface area contributed by atoms with Crippen LogP contribution in [-0.2, 0) is 14.5 Å². The van der Waals surface area contributed by atoms with Crippen molar-refractivity contribution in [1.29, 1.82) is 0 Å². The number of carboxylic acids is 2. The zero-order valence-electron chi connectivity index (χ0n) is 13.3. The Morgan fingerprint density at radius 3 is 1.32 bits per heavy atom. The molecule has 5 N–H and O–H groups in total. The van der Waals surface area contributed by atoms with Gasteiger partial charge in [-0.15, -0.1) is 0 Å². The second-order valence-corrected chi connectivity index (χ2v) is 4.05. The molecule has 0 bridgehead atoms. The minimum absolute atomic E-state index is 0.0108. The van der Waals surface area contributed by atoms with E-state index in [0.29, 0.717) is 5.39 Å². The SMILES string of the molecule is O=C(O)c1ccccc1C(=O)O.OCCON(OCCO)OCCO. The molecule has 0 heterocycles. The highest BCUT2D eigenvalue weighted by atomic mass is 17.2. The van der Waals surface area contributed by atoms with Crippen LogP contribution in [0.3, 0.4) is 0 Å². The Labute approximate surface area is 143 Å². The molecule has 0 amide bonds. The molecule has 0 saturated carbocycles. The van der Waals surface area contributed by atoms with E-state index < -0.39 is 11.9 Å². The van der Waals surface area contributed by atoms with Crippen molar-refractivity contribution < 1.29 is 49.6 Å². The van der Waals surface area contributed by atoms with Crippen LogP contribution in [0.1, 0.15) is 20.7 Å². The van der Waals surface area contributed by atoms with E-state index in [2.05, 4.69) is 0 Å². The summed E-state index contributed by atoms with van der Waals surface area (Å²) in [6, 6.07) is 5.48. The maximum absolute atomic E-state index is 10.5. The summed E-state index contributed by atoms with van der Waals surface area (Å²) in [7, 11) is 0. The van der Waals surface area contributed by atoms with Crippen molar-refractivity contribution in [3.63, 3.8) is 0 Å². The highest BCUT2D eigenvalue weighted by Crippen LogP contribution is 2.07. The molecule has 0 aliphatic rings. The van der Waals surface area contributed by atoms with Crippen LogP contribution in [0, 0.1) is 0 Å². The molecule has 11 heteroatoms. The number of hydrogen-bond acceptors (Lipinski definition) is 9. The number of benzene rings is 1. The van der Waals surface area contributed by atoms with Crippen molar-refractivity contribution in [3.05, 3.63) is 35.4 Å². The van der Waals surface area contributed by atoms with Gasteiger partial charge in [-0.3, -0.25) is 0 Å².